The fourth-order valence-corrected chi connectivity index (χ4v) is 2.39. The fraction of sp³-hybridized carbons (Fsp3) is 0.429. The van der Waals surface area contributed by atoms with E-state index >= 15 is 0 Å². The van der Waals surface area contributed by atoms with Gasteiger partial charge in [-0.15, -0.1) is 0 Å². The van der Waals surface area contributed by atoms with Crippen molar-refractivity contribution in [2.75, 3.05) is 13.6 Å². The van der Waals surface area contributed by atoms with Crippen LogP contribution in [0.25, 0.3) is 0 Å². The molecule has 0 radical (unpaired) electrons. The van der Waals surface area contributed by atoms with Crippen molar-refractivity contribution in [2.24, 2.45) is 11.1 Å². The van der Waals surface area contributed by atoms with E-state index < -0.39 is 5.41 Å². The molecule has 0 spiro atoms. The number of rotatable bonds is 5. The van der Waals surface area contributed by atoms with Gasteiger partial charge < -0.3 is 10.6 Å². The van der Waals surface area contributed by atoms with Crippen molar-refractivity contribution in [3.8, 4) is 0 Å². The van der Waals surface area contributed by atoms with Crippen LogP contribution in [0.1, 0.15) is 18.4 Å². The minimum absolute atomic E-state index is 0.0749. The summed E-state index contributed by atoms with van der Waals surface area (Å²) in [5.74, 6) is 0.0749. The molecule has 1 aliphatic carbocycles. The molecule has 4 heteroatoms. The molecule has 0 heterocycles. The van der Waals surface area contributed by atoms with Gasteiger partial charge in [0.05, 0.1) is 10.4 Å². The van der Waals surface area contributed by atoms with Crippen LogP contribution >= 0.6 is 12.2 Å². The second kappa shape index (κ2) is 5.06. The second-order valence-electron chi connectivity index (χ2n) is 4.91. The molecule has 0 atom stereocenters. The topological polar surface area (TPSA) is 46.3 Å². The minimum Gasteiger partial charge on any atom is -0.392 e. The number of carbonyl (C=O) groups excluding carboxylic acids is 1. The highest BCUT2D eigenvalue weighted by Gasteiger charge is 2.53. The van der Waals surface area contributed by atoms with Crippen molar-refractivity contribution < 1.29 is 4.79 Å². The Morgan fingerprint density at radius 1 is 1.39 bits per heavy atom. The Kier molecular flexibility index (Phi) is 3.66. The molecule has 2 rings (SSSR count). The van der Waals surface area contributed by atoms with Gasteiger partial charge in [0.1, 0.15) is 0 Å². The lowest BCUT2D eigenvalue weighted by Gasteiger charge is -2.22. The number of nitrogens with two attached hydrogens (primary N) is 1. The molecular formula is C14H18N2OS. The van der Waals surface area contributed by atoms with Crippen molar-refractivity contribution in [2.45, 2.75) is 19.3 Å². The van der Waals surface area contributed by atoms with Crippen LogP contribution in [0.2, 0.25) is 0 Å². The maximum atomic E-state index is 12.2. The minimum atomic E-state index is -0.527. The predicted molar refractivity (Wildman–Crippen MR) is 76.2 cm³/mol. The number of likely N-dealkylation sites (N-methyl/N-ethyl adjacent to an activating group) is 1. The Morgan fingerprint density at radius 2 is 2.00 bits per heavy atom. The molecule has 18 heavy (non-hydrogen) atoms. The summed E-state index contributed by atoms with van der Waals surface area (Å²) in [5, 5.41) is 0. The molecule has 0 saturated heterocycles. The Hall–Kier alpha value is -1.42. The highest BCUT2D eigenvalue weighted by atomic mass is 32.1. The first-order valence-electron chi connectivity index (χ1n) is 6.16. The van der Waals surface area contributed by atoms with Crippen LogP contribution in [0.5, 0.6) is 0 Å². The first kappa shape index (κ1) is 13.0. The number of hydrogen-bond donors (Lipinski definition) is 1. The van der Waals surface area contributed by atoms with Gasteiger partial charge in [-0.05, 0) is 24.8 Å². The lowest BCUT2D eigenvalue weighted by molar-refractivity contribution is -0.133. The predicted octanol–water partition coefficient (Wildman–Crippen LogP) is 1.75. The van der Waals surface area contributed by atoms with E-state index in [1.54, 1.807) is 4.90 Å². The van der Waals surface area contributed by atoms with E-state index in [0.29, 0.717) is 11.5 Å². The van der Waals surface area contributed by atoms with Crippen LogP contribution in [-0.2, 0) is 11.2 Å². The van der Waals surface area contributed by atoms with Gasteiger partial charge >= 0.3 is 0 Å². The SMILES string of the molecule is CN(CCc1ccccc1)C(=O)C1(C(N)=S)CC1. The number of thiocarbonyl (C=S) groups is 1. The van der Waals surface area contributed by atoms with Crippen molar-refractivity contribution in [1.82, 2.24) is 4.90 Å². The van der Waals surface area contributed by atoms with Gasteiger partial charge in [0.2, 0.25) is 5.91 Å². The molecule has 96 valence electrons. The Bertz CT molecular complexity index is 454. The lowest BCUT2D eigenvalue weighted by Crippen LogP contribution is -2.41. The van der Waals surface area contributed by atoms with Gasteiger partial charge in [-0.25, -0.2) is 0 Å². The zero-order valence-electron chi connectivity index (χ0n) is 10.6. The highest BCUT2D eigenvalue weighted by molar-refractivity contribution is 7.80. The first-order chi connectivity index (χ1) is 8.56. The van der Waals surface area contributed by atoms with Crippen LogP contribution in [0, 0.1) is 5.41 Å². The third-order valence-corrected chi connectivity index (χ3v) is 3.95. The fourth-order valence-electron chi connectivity index (χ4n) is 2.10. The average Bonchev–Trinajstić information content (AvgIpc) is 3.17. The van der Waals surface area contributed by atoms with Crippen molar-refractivity contribution in [1.29, 1.82) is 0 Å². The molecule has 2 N–H and O–H groups in total. The van der Waals surface area contributed by atoms with E-state index in [1.165, 1.54) is 5.56 Å². The largest absolute Gasteiger partial charge is 0.392 e. The average molecular weight is 262 g/mol. The molecule has 0 aliphatic heterocycles. The maximum absolute atomic E-state index is 12.2. The highest BCUT2D eigenvalue weighted by Crippen LogP contribution is 2.47. The molecule has 1 aliphatic rings. The molecule has 1 aromatic carbocycles. The van der Waals surface area contributed by atoms with Crippen LogP contribution in [0.15, 0.2) is 30.3 Å². The number of carbonyl (C=O) groups is 1. The summed E-state index contributed by atoms with van der Waals surface area (Å²) in [4.78, 5) is 14.3. The molecule has 0 bridgehead atoms. The lowest BCUT2D eigenvalue weighted by atomic mass is 10.1. The number of nitrogens with zero attached hydrogens (tertiary/aromatic N) is 1. The Balaban J connectivity index is 1.91. The van der Waals surface area contributed by atoms with E-state index in [-0.39, 0.29) is 5.91 Å². The third kappa shape index (κ3) is 2.53. The standard InChI is InChI=1S/C14H18N2OS/c1-16(10-7-11-5-3-2-4-6-11)13(17)14(8-9-14)12(15)18/h2-6H,7-10H2,1H3,(H2,15,18). The van der Waals surface area contributed by atoms with Gasteiger partial charge in [-0.2, -0.15) is 0 Å². The van der Waals surface area contributed by atoms with Gasteiger partial charge in [0, 0.05) is 13.6 Å². The Labute approximate surface area is 113 Å². The number of hydrogen-bond acceptors (Lipinski definition) is 2. The normalized spacial score (nSPS) is 16.1. The molecule has 3 nitrogen and oxygen atoms in total. The van der Waals surface area contributed by atoms with E-state index in [2.05, 4.69) is 12.1 Å². The van der Waals surface area contributed by atoms with Crippen molar-refractivity contribution in [3.63, 3.8) is 0 Å². The Morgan fingerprint density at radius 3 is 2.50 bits per heavy atom. The molecule has 1 fully saturated rings. The maximum Gasteiger partial charge on any atom is 0.235 e. The summed E-state index contributed by atoms with van der Waals surface area (Å²) in [5.41, 5.74) is 6.37. The zero-order valence-corrected chi connectivity index (χ0v) is 11.4. The smallest absolute Gasteiger partial charge is 0.235 e. The van der Waals surface area contributed by atoms with Crippen LogP contribution in [0.3, 0.4) is 0 Å². The quantitative estimate of drug-likeness (QED) is 0.822. The molecule has 0 aromatic heterocycles. The summed E-state index contributed by atoms with van der Waals surface area (Å²) in [6.07, 6.45) is 2.46. The number of amides is 1. The van der Waals surface area contributed by atoms with E-state index in [0.717, 1.165) is 19.3 Å². The van der Waals surface area contributed by atoms with Crippen LogP contribution in [-0.4, -0.2) is 29.4 Å². The van der Waals surface area contributed by atoms with Crippen LogP contribution < -0.4 is 5.73 Å². The third-order valence-electron chi connectivity index (χ3n) is 3.56. The summed E-state index contributed by atoms with van der Waals surface area (Å²) in [7, 11) is 1.82. The van der Waals surface area contributed by atoms with Crippen molar-refractivity contribution in [3.05, 3.63) is 35.9 Å². The zero-order chi connectivity index (χ0) is 13.2. The van der Waals surface area contributed by atoms with Gasteiger partial charge in [0.15, 0.2) is 0 Å². The van der Waals surface area contributed by atoms with Crippen LogP contribution in [0.4, 0.5) is 0 Å². The molecule has 1 aromatic rings. The molecule has 0 unspecified atom stereocenters. The van der Waals surface area contributed by atoms with E-state index in [4.69, 9.17) is 18.0 Å². The summed E-state index contributed by atoms with van der Waals surface area (Å²) in [6.45, 7) is 0.702. The molecule has 1 saturated carbocycles. The van der Waals surface area contributed by atoms with Crippen molar-refractivity contribution >= 4 is 23.1 Å². The number of benzene rings is 1. The summed E-state index contributed by atoms with van der Waals surface area (Å²) < 4.78 is 0. The van der Waals surface area contributed by atoms with E-state index in [9.17, 15) is 4.79 Å². The summed E-state index contributed by atoms with van der Waals surface area (Å²) >= 11 is 5.00. The molecule has 1 amide bonds. The monoisotopic (exact) mass is 262 g/mol. The summed E-state index contributed by atoms with van der Waals surface area (Å²) in [6, 6.07) is 10.1. The van der Waals surface area contributed by atoms with Gasteiger partial charge in [-0.3, -0.25) is 4.79 Å². The molecular weight excluding hydrogens is 244 g/mol. The first-order valence-corrected chi connectivity index (χ1v) is 6.56. The van der Waals surface area contributed by atoms with Gasteiger partial charge in [0.25, 0.3) is 0 Å². The second-order valence-corrected chi connectivity index (χ2v) is 5.35. The van der Waals surface area contributed by atoms with E-state index in [1.807, 2.05) is 25.2 Å². The van der Waals surface area contributed by atoms with Gasteiger partial charge in [-0.1, -0.05) is 42.5 Å².